The zero-order valence-corrected chi connectivity index (χ0v) is 15.2. The molecule has 2 aromatic heterocycles. The van der Waals surface area contributed by atoms with Gasteiger partial charge in [-0.05, 0) is 6.07 Å². The van der Waals surface area contributed by atoms with Gasteiger partial charge in [0.2, 0.25) is 17.6 Å². The van der Waals surface area contributed by atoms with E-state index >= 15 is 0 Å². The molecule has 1 aliphatic heterocycles. The Morgan fingerprint density at radius 3 is 2.71 bits per heavy atom. The summed E-state index contributed by atoms with van der Waals surface area (Å²) in [6.45, 7) is 1.54. The largest absolute Gasteiger partial charge is 0.474 e. The predicted octanol–water partition coefficient (Wildman–Crippen LogP) is 2.62. The molecule has 0 atom stereocenters. The van der Waals surface area contributed by atoms with Crippen LogP contribution in [0.25, 0.3) is 11.4 Å². The van der Waals surface area contributed by atoms with Crippen molar-refractivity contribution in [2.75, 3.05) is 13.2 Å². The number of amides is 1. The lowest BCUT2D eigenvalue weighted by atomic mass is 10.1. The highest BCUT2D eigenvalue weighted by Crippen LogP contribution is 2.17. The third-order valence-corrected chi connectivity index (χ3v) is 4.35. The first-order valence-corrected chi connectivity index (χ1v) is 9.14. The molecule has 1 amide bonds. The number of hydrogen-bond acceptors (Lipinski definition) is 7. The Labute approximate surface area is 161 Å². The lowest BCUT2D eigenvalue weighted by molar-refractivity contribution is 0.0237. The monoisotopic (exact) mass is 380 g/mol. The molecule has 4 rings (SSSR count). The van der Waals surface area contributed by atoms with E-state index in [1.165, 1.54) is 6.20 Å². The average molecular weight is 380 g/mol. The fourth-order valence-electron chi connectivity index (χ4n) is 2.84. The maximum atomic E-state index is 12.3. The summed E-state index contributed by atoms with van der Waals surface area (Å²) in [6, 6.07) is 12.9. The molecule has 0 bridgehead atoms. The second kappa shape index (κ2) is 8.62. The first-order valence-electron chi connectivity index (χ1n) is 9.14. The molecule has 1 aliphatic rings. The number of carbonyl (C=O) groups is 1. The Balaban J connectivity index is 1.31. The zero-order chi connectivity index (χ0) is 19.2. The quantitative estimate of drug-likeness (QED) is 0.702. The number of aromatic nitrogens is 3. The summed E-state index contributed by atoms with van der Waals surface area (Å²) in [4.78, 5) is 20.8. The molecule has 3 aromatic rings. The fraction of sp³-hybridized carbons (Fsp3) is 0.300. The summed E-state index contributed by atoms with van der Waals surface area (Å²) >= 11 is 0. The van der Waals surface area contributed by atoms with Crippen molar-refractivity contribution >= 4 is 5.91 Å². The molecule has 1 N–H and O–H groups in total. The van der Waals surface area contributed by atoms with E-state index < -0.39 is 0 Å². The van der Waals surface area contributed by atoms with Crippen molar-refractivity contribution in [3.8, 4) is 17.3 Å². The van der Waals surface area contributed by atoms with Crippen LogP contribution in [0.3, 0.4) is 0 Å². The zero-order valence-electron chi connectivity index (χ0n) is 15.2. The molecule has 0 unspecified atom stereocenters. The molecular weight excluding hydrogens is 360 g/mol. The molecule has 0 aliphatic carbocycles. The molecule has 1 fully saturated rings. The number of nitrogens with one attached hydrogen (secondary N) is 1. The van der Waals surface area contributed by atoms with Gasteiger partial charge in [-0.1, -0.05) is 35.5 Å². The highest BCUT2D eigenvalue weighted by Gasteiger charge is 2.16. The second-order valence-electron chi connectivity index (χ2n) is 6.38. The fourth-order valence-corrected chi connectivity index (χ4v) is 2.84. The van der Waals surface area contributed by atoms with Crippen LogP contribution in [0.4, 0.5) is 0 Å². The van der Waals surface area contributed by atoms with Gasteiger partial charge in [0.1, 0.15) is 6.10 Å². The Kier molecular flexibility index (Phi) is 5.58. The lowest BCUT2D eigenvalue weighted by Gasteiger charge is -2.22. The van der Waals surface area contributed by atoms with Gasteiger partial charge in [-0.25, -0.2) is 4.98 Å². The predicted molar refractivity (Wildman–Crippen MR) is 99.6 cm³/mol. The molecule has 8 heteroatoms. The minimum absolute atomic E-state index is 0.109. The van der Waals surface area contributed by atoms with Crippen LogP contribution in [-0.2, 0) is 11.3 Å². The third-order valence-electron chi connectivity index (χ3n) is 4.35. The van der Waals surface area contributed by atoms with Crippen molar-refractivity contribution in [2.24, 2.45) is 0 Å². The highest BCUT2D eigenvalue weighted by atomic mass is 16.5. The van der Waals surface area contributed by atoms with Gasteiger partial charge in [-0.3, -0.25) is 4.79 Å². The van der Waals surface area contributed by atoms with Crippen LogP contribution in [0, 0.1) is 0 Å². The van der Waals surface area contributed by atoms with E-state index in [0.29, 0.717) is 36.4 Å². The van der Waals surface area contributed by atoms with Crippen LogP contribution in [0.2, 0.25) is 0 Å². The van der Waals surface area contributed by atoms with Crippen LogP contribution < -0.4 is 10.1 Å². The van der Waals surface area contributed by atoms with Crippen LogP contribution in [-0.4, -0.2) is 40.3 Å². The molecule has 0 radical (unpaired) electrons. The maximum Gasteiger partial charge on any atom is 0.253 e. The second-order valence-corrected chi connectivity index (χ2v) is 6.38. The van der Waals surface area contributed by atoms with E-state index in [0.717, 1.165) is 18.4 Å². The third kappa shape index (κ3) is 4.52. The van der Waals surface area contributed by atoms with E-state index in [-0.39, 0.29) is 18.6 Å². The molecule has 8 nitrogen and oxygen atoms in total. The first kappa shape index (κ1) is 18.1. The van der Waals surface area contributed by atoms with E-state index in [2.05, 4.69) is 20.4 Å². The van der Waals surface area contributed by atoms with Gasteiger partial charge >= 0.3 is 0 Å². The molecule has 1 aromatic carbocycles. The minimum atomic E-state index is -0.274. The average Bonchev–Trinajstić information content (AvgIpc) is 3.23. The summed E-state index contributed by atoms with van der Waals surface area (Å²) in [7, 11) is 0. The van der Waals surface area contributed by atoms with Crippen molar-refractivity contribution in [3.05, 3.63) is 60.1 Å². The molecule has 144 valence electrons. The van der Waals surface area contributed by atoms with Crippen LogP contribution in [0.5, 0.6) is 5.88 Å². The van der Waals surface area contributed by atoms with Gasteiger partial charge < -0.3 is 19.3 Å². The normalized spacial score (nSPS) is 14.6. The van der Waals surface area contributed by atoms with Crippen LogP contribution in [0.1, 0.15) is 29.1 Å². The van der Waals surface area contributed by atoms with Crippen molar-refractivity contribution < 1.29 is 18.8 Å². The molecule has 0 spiro atoms. The number of nitrogens with zero attached hydrogens (tertiary/aromatic N) is 3. The van der Waals surface area contributed by atoms with E-state index in [1.807, 2.05) is 30.3 Å². The van der Waals surface area contributed by atoms with E-state index in [1.54, 1.807) is 12.1 Å². The van der Waals surface area contributed by atoms with Gasteiger partial charge in [0.15, 0.2) is 0 Å². The van der Waals surface area contributed by atoms with Crippen LogP contribution in [0.15, 0.2) is 53.2 Å². The Morgan fingerprint density at radius 1 is 1.14 bits per heavy atom. The van der Waals surface area contributed by atoms with Gasteiger partial charge in [0.25, 0.3) is 5.91 Å². The summed E-state index contributed by atoms with van der Waals surface area (Å²) in [5.41, 5.74) is 1.29. The van der Waals surface area contributed by atoms with E-state index in [4.69, 9.17) is 14.0 Å². The first-order chi connectivity index (χ1) is 13.8. The molecule has 28 heavy (non-hydrogen) atoms. The van der Waals surface area contributed by atoms with Gasteiger partial charge in [-0.2, -0.15) is 4.98 Å². The molecule has 1 saturated heterocycles. The van der Waals surface area contributed by atoms with Crippen LogP contribution >= 0.6 is 0 Å². The van der Waals surface area contributed by atoms with Crippen molar-refractivity contribution in [3.63, 3.8) is 0 Å². The summed E-state index contributed by atoms with van der Waals surface area (Å²) in [5.74, 6) is 1.05. The minimum Gasteiger partial charge on any atom is -0.474 e. The number of rotatable bonds is 6. The number of hydrogen-bond donors (Lipinski definition) is 1. The van der Waals surface area contributed by atoms with Crippen molar-refractivity contribution in [2.45, 2.75) is 25.5 Å². The maximum absolute atomic E-state index is 12.3. The Morgan fingerprint density at radius 2 is 1.96 bits per heavy atom. The summed E-state index contributed by atoms with van der Waals surface area (Å²) < 4.78 is 16.3. The summed E-state index contributed by atoms with van der Waals surface area (Å²) in [5, 5.41) is 6.68. The number of ether oxygens (including phenoxy) is 2. The Bertz CT molecular complexity index is 905. The van der Waals surface area contributed by atoms with Gasteiger partial charge in [0, 0.05) is 30.7 Å². The van der Waals surface area contributed by atoms with E-state index in [9.17, 15) is 4.79 Å². The molecule has 0 saturated carbocycles. The summed E-state index contributed by atoms with van der Waals surface area (Å²) in [6.07, 6.45) is 3.29. The number of carbonyl (C=O) groups excluding carboxylic acids is 1. The van der Waals surface area contributed by atoms with Gasteiger partial charge in [0.05, 0.1) is 25.3 Å². The standard InChI is InChI=1S/C20H20N4O4/c25-20(15-6-7-17(21-12-15)27-16-8-10-26-11-9-16)22-13-18-23-19(24-28-18)14-4-2-1-3-5-14/h1-7,12,16H,8-11,13H2,(H,22,25). The SMILES string of the molecule is O=C(NCc1nc(-c2ccccc2)no1)c1ccc(OC2CCOCC2)nc1. The van der Waals surface area contributed by atoms with Gasteiger partial charge in [-0.15, -0.1) is 0 Å². The van der Waals surface area contributed by atoms with Crippen molar-refractivity contribution in [1.82, 2.24) is 20.4 Å². The highest BCUT2D eigenvalue weighted by molar-refractivity contribution is 5.93. The number of benzene rings is 1. The smallest absolute Gasteiger partial charge is 0.253 e. The lowest BCUT2D eigenvalue weighted by Crippen LogP contribution is -2.26. The molecule has 3 heterocycles. The number of pyridine rings is 1. The van der Waals surface area contributed by atoms with Crippen molar-refractivity contribution in [1.29, 1.82) is 0 Å². The Hall–Kier alpha value is -3.26. The topological polar surface area (TPSA) is 99.4 Å². The molecular formula is C20H20N4O4.